The molecule has 2 fully saturated rings. The Bertz CT molecular complexity index is 2050. The summed E-state index contributed by atoms with van der Waals surface area (Å²) in [6.07, 6.45) is 4.69. The molecular formula is C40H41F5N2O5S. The van der Waals surface area contributed by atoms with E-state index in [4.69, 9.17) is 4.74 Å². The lowest BCUT2D eigenvalue weighted by Crippen LogP contribution is -2.47. The van der Waals surface area contributed by atoms with Crippen LogP contribution in [0.15, 0.2) is 72.8 Å². The van der Waals surface area contributed by atoms with Gasteiger partial charge in [0.15, 0.2) is 28.0 Å². The lowest BCUT2D eigenvalue weighted by atomic mass is 9.84. The Morgan fingerprint density at radius 3 is 2.08 bits per heavy atom. The number of carbonyl (C=O) groups is 1. The van der Waals surface area contributed by atoms with Crippen molar-refractivity contribution in [2.75, 3.05) is 9.62 Å². The van der Waals surface area contributed by atoms with Gasteiger partial charge >= 0.3 is 0 Å². The molecule has 4 aromatic rings. The fourth-order valence-electron chi connectivity index (χ4n) is 6.91. The number of hydrogen-bond donors (Lipinski definition) is 2. The zero-order valence-corrected chi connectivity index (χ0v) is 30.2. The average molecular weight is 757 g/mol. The first-order valence-electron chi connectivity index (χ1n) is 17.5. The molecule has 0 radical (unpaired) electrons. The molecule has 4 aromatic carbocycles. The molecule has 2 aliphatic carbocycles. The molecule has 0 aliphatic heterocycles. The van der Waals surface area contributed by atoms with Gasteiger partial charge in [-0.25, -0.2) is 30.4 Å². The second-order valence-electron chi connectivity index (χ2n) is 14.3. The zero-order valence-electron chi connectivity index (χ0n) is 29.4. The van der Waals surface area contributed by atoms with Crippen molar-refractivity contribution in [1.29, 1.82) is 0 Å². The Hall–Kier alpha value is -4.49. The van der Waals surface area contributed by atoms with Crippen molar-refractivity contribution >= 4 is 27.3 Å². The van der Waals surface area contributed by atoms with Gasteiger partial charge in [-0.05, 0) is 68.2 Å². The van der Waals surface area contributed by atoms with Crippen molar-refractivity contribution in [3.05, 3.63) is 124 Å². The molecule has 0 unspecified atom stereocenters. The molecule has 13 heteroatoms. The van der Waals surface area contributed by atoms with Gasteiger partial charge in [-0.15, -0.1) is 0 Å². The monoisotopic (exact) mass is 756 g/mol. The van der Waals surface area contributed by atoms with E-state index < -0.39 is 74.0 Å². The quantitative estimate of drug-likeness (QED) is 0.105. The highest BCUT2D eigenvalue weighted by molar-refractivity contribution is 7.95. The molecule has 7 nitrogen and oxygen atoms in total. The number of nitrogens with one attached hydrogen (secondary N) is 1. The third-order valence-electron chi connectivity index (χ3n) is 10.1. The number of rotatable bonds is 13. The van der Waals surface area contributed by atoms with Crippen molar-refractivity contribution in [1.82, 2.24) is 0 Å². The number of alkyl halides is 1. The first kappa shape index (κ1) is 38.2. The highest BCUT2D eigenvalue weighted by Crippen LogP contribution is 2.49. The maximum Gasteiger partial charge on any atom is 0.250 e. The molecule has 0 heterocycles. The predicted octanol–water partition coefficient (Wildman–Crippen LogP) is 9.07. The minimum absolute atomic E-state index is 0.0964. The van der Waals surface area contributed by atoms with Crippen LogP contribution >= 0.6 is 0 Å². The molecule has 0 aromatic heterocycles. The van der Waals surface area contributed by atoms with Crippen LogP contribution in [0, 0.1) is 23.3 Å². The number of anilines is 2. The Morgan fingerprint density at radius 1 is 0.887 bits per heavy atom. The zero-order chi connectivity index (χ0) is 38.1. The van der Waals surface area contributed by atoms with Crippen LogP contribution in [0.5, 0.6) is 5.75 Å². The van der Waals surface area contributed by atoms with Crippen LogP contribution in [-0.2, 0) is 40.2 Å². The first-order valence-corrected chi connectivity index (χ1v) is 19.0. The van der Waals surface area contributed by atoms with Crippen LogP contribution in [-0.4, -0.2) is 24.2 Å². The largest absolute Gasteiger partial charge is 0.488 e. The van der Waals surface area contributed by atoms with E-state index in [-0.39, 0.29) is 40.8 Å². The first-order chi connectivity index (χ1) is 25.2. The molecule has 0 atom stereocenters. The molecule has 0 bridgehead atoms. The summed E-state index contributed by atoms with van der Waals surface area (Å²) in [5.74, 6) is -8.90. The number of ether oxygens (including phenoxy) is 1. The summed E-state index contributed by atoms with van der Waals surface area (Å²) in [4.78, 5) is 13.9. The minimum Gasteiger partial charge on any atom is -0.488 e. The fraction of sp³-hybridized carbons (Fsp3) is 0.375. The number of hydrogen-bond acceptors (Lipinski definition) is 5. The molecule has 0 spiro atoms. The lowest BCUT2D eigenvalue weighted by molar-refractivity contribution is -0.116. The molecule has 1 amide bonds. The van der Waals surface area contributed by atoms with E-state index in [0.29, 0.717) is 11.5 Å². The molecule has 2 saturated carbocycles. The van der Waals surface area contributed by atoms with Crippen LogP contribution in [0.2, 0.25) is 0 Å². The van der Waals surface area contributed by atoms with Crippen molar-refractivity contribution in [3.63, 3.8) is 0 Å². The maximum absolute atomic E-state index is 15.6. The van der Waals surface area contributed by atoms with Gasteiger partial charge in [0.2, 0.25) is 5.91 Å². The average Bonchev–Trinajstić information content (AvgIpc) is 3.97. The molecule has 6 rings (SSSR count). The molecule has 282 valence electrons. The molecule has 0 saturated heterocycles. The second kappa shape index (κ2) is 15.1. The minimum atomic E-state index is -5.13. The summed E-state index contributed by atoms with van der Waals surface area (Å²) in [7, 11) is -5.13. The predicted molar refractivity (Wildman–Crippen MR) is 192 cm³/mol. The van der Waals surface area contributed by atoms with Crippen molar-refractivity contribution < 1.29 is 45.0 Å². The van der Waals surface area contributed by atoms with E-state index >= 15 is 8.78 Å². The number of benzene rings is 4. The van der Waals surface area contributed by atoms with E-state index in [1.807, 2.05) is 30.3 Å². The molecular weight excluding hydrogens is 716 g/mol. The molecule has 2 aliphatic rings. The molecule has 2 N–H and O–H groups in total. The van der Waals surface area contributed by atoms with Crippen LogP contribution in [0.3, 0.4) is 0 Å². The third-order valence-corrected chi connectivity index (χ3v) is 12.6. The third kappa shape index (κ3) is 7.64. The summed E-state index contributed by atoms with van der Waals surface area (Å²) in [5.41, 5.74) is -1.92. The lowest BCUT2D eigenvalue weighted by Gasteiger charge is -2.30. The van der Waals surface area contributed by atoms with Gasteiger partial charge in [-0.1, -0.05) is 79.9 Å². The van der Waals surface area contributed by atoms with Crippen LogP contribution in [0.4, 0.5) is 33.3 Å². The van der Waals surface area contributed by atoms with E-state index in [0.717, 1.165) is 43.2 Å². The van der Waals surface area contributed by atoms with E-state index in [1.165, 1.54) is 18.2 Å². The smallest absolute Gasteiger partial charge is 0.250 e. The number of sulfonamides is 1. The highest BCUT2D eigenvalue weighted by atomic mass is 32.2. The van der Waals surface area contributed by atoms with E-state index in [2.05, 4.69) is 5.32 Å². The topological polar surface area (TPSA) is 95.9 Å². The van der Waals surface area contributed by atoms with Gasteiger partial charge in [0.05, 0.1) is 17.7 Å². The number of aliphatic hydroxyl groups is 1. The summed E-state index contributed by atoms with van der Waals surface area (Å²) in [5, 5.41) is 13.3. The molecule has 53 heavy (non-hydrogen) atoms. The highest BCUT2D eigenvalue weighted by Gasteiger charge is 2.63. The van der Waals surface area contributed by atoms with Crippen LogP contribution < -0.4 is 14.4 Å². The van der Waals surface area contributed by atoms with Gasteiger partial charge in [0.25, 0.3) is 10.0 Å². The van der Waals surface area contributed by atoms with Crippen LogP contribution in [0.25, 0.3) is 0 Å². The Balaban J connectivity index is 1.34. The fourth-order valence-corrected chi connectivity index (χ4v) is 8.96. The summed E-state index contributed by atoms with van der Waals surface area (Å²) in [6.45, 7) is 0.550. The Labute approximate surface area is 305 Å². The van der Waals surface area contributed by atoms with Crippen molar-refractivity contribution in [2.24, 2.45) is 0 Å². The van der Waals surface area contributed by atoms with Gasteiger partial charge in [0.1, 0.15) is 24.7 Å². The van der Waals surface area contributed by atoms with Gasteiger partial charge in [-0.3, -0.25) is 9.10 Å². The number of halogens is 5. The van der Waals surface area contributed by atoms with Crippen molar-refractivity contribution in [3.8, 4) is 5.75 Å². The van der Waals surface area contributed by atoms with Crippen molar-refractivity contribution in [2.45, 2.75) is 94.9 Å². The standard InChI is InChI=1S/C40H41F5N2O5S/c1-39(2,49)31-18-17-29(21-32(31)52-24-26-9-5-3-6-10-26)46-38(48)40(19-20-40)53(50,51)47(37-35(44)33(42)30(22-41)34(43)36(37)45)23-25-13-15-28(16-14-25)27-11-7-4-8-12-27/h3,5-6,9-10,13-18,21,27,49H,4,7-8,11-12,19-20,22-24H2,1-2H3,(H,46,48). The summed E-state index contributed by atoms with van der Waals surface area (Å²) < 4.78 is 108. The van der Waals surface area contributed by atoms with Gasteiger partial charge in [0, 0.05) is 17.3 Å². The SMILES string of the molecule is CC(C)(O)c1ccc(NC(=O)C2(S(=O)(=O)N(Cc3ccc(C4CCCCC4)cc3)c3c(F)c(F)c(CF)c(F)c3F)CC2)cc1OCc1ccccc1. The number of nitrogens with zero attached hydrogens (tertiary/aromatic N) is 1. The Kier molecular flexibility index (Phi) is 10.9. The number of amides is 1. The van der Waals surface area contributed by atoms with Gasteiger partial charge < -0.3 is 15.2 Å². The summed E-state index contributed by atoms with van der Waals surface area (Å²) >= 11 is 0. The second-order valence-corrected chi connectivity index (χ2v) is 16.5. The van der Waals surface area contributed by atoms with Crippen LogP contribution in [0.1, 0.15) is 92.5 Å². The van der Waals surface area contributed by atoms with E-state index in [9.17, 15) is 31.5 Å². The Morgan fingerprint density at radius 2 is 1.51 bits per heavy atom. The number of carbonyl (C=O) groups excluding carboxylic acids is 1. The maximum atomic E-state index is 15.6. The normalized spacial score (nSPS) is 15.9. The van der Waals surface area contributed by atoms with Gasteiger partial charge in [-0.2, -0.15) is 0 Å². The van der Waals surface area contributed by atoms with E-state index in [1.54, 1.807) is 38.1 Å². The summed E-state index contributed by atoms with van der Waals surface area (Å²) in [6, 6.07) is 20.2.